The third-order valence-electron chi connectivity index (χ3n) is 5.40. The lowest BCUT2D eigenvalue weighted by Gasteiger charge is -2.34. The molecule has 1 aliphatic heterocycles. The van der Waals surface area contributed by atoms with Crippen LogP contribution < -0.4 is 14.4 Å². The van der Waals surface area contributed by atoms with Gasteiger partial charge in [-0.2, -0.15) is 0 Å². The van der Waals surface area contributed by atoms with Gasteiger partial charge in [0.1, 0.15) is 5.52 Å². The Morgan fingerprint density at radius 3 is 2.39 bits per heavy atom. The number of fused-ring (bicyclic) bond motifs is 1. The molecule has 0 atom stereocenters. The van der Waals surface area contributed by atoms with E-state index in [2.05, 4.69) is 9.88 Å². The van der Waals surface area contributed by atoms with Gasteiger partial charge in [0, 0.05) is 38.0 Å². The Bertz CT molecular complexity index is 1260. The maximum absolute atomic E-state index is 13.1. The molecule has 10 heteroatoms. The van der Waals surface area contributed by atoms with Gasteiger partial charge in [0.25, 0.3) is 5.91 Å². The molecule has 176 valence electrons. The van der Waals surface area contributed by atoms with Gasteiger partial charge in [-0.3, -0.25) is 4.79 Å². The highest BCUT2D eigenvalue weighted by Crippen LogP contribution is 2.33. The van der Waals surface area contributed by atoms with E-state index in [0.717, 1.165) is 9.83 Å². The van der Waals surface area contributed by atoms with Crippen molar-refractivity contribution in [2.75, 3.05) is 50.5 Å². The molecule has 0 saturated carbocycles. The predicted molar refractivity (Wildman–Crippen MR) is 130 cm³/mol. The molecule has 1 aromatic heterocycles. The fourth-order valence-electron chi connectivity index (χ4n) is 3.81. The highest BCUT2D eigenvalue weighted by molar-refractivity contribution is 7.91. The summed E-state index contributed by atoms with van der Waals surface area (Å²) in [5.41, 5.74) is 1.07. The molecule has 1 saturated heterocycles. The molecule has 0 N–H and O–H groups in total. The largest absolute Gasteiger partial charge is 0.490 e. The number of benzene rings is 2. The average Bonchev–Trinajstić information content (AvgIpc) is 3.24. The molecule has 1 amide bonds. The Kier molecular flexibility index (Phi) is 6.76. The minimum atomic E-state index is -3.36. The summed E-state index contributed by atoms with van der Waals surface area (Å²) >= 11 is 1.47. The summed E-state index contributed by atoms with van der Waals surface area (Å²) in [6.45, 7) is 7.14. The van der Waals surface area contributed by atoms with E-state index < -0.39 is 9.84 Å². The molecule has 2 aromatic carbocycles. The maximum Gasteiger partial charge on any atom is 0.254 e. The van der Waals surface area contributed by atoms with Gasteiger partial charge >= 0.3 is 0 Å². The van der Waals surface area contributed by atoms with Crippen LogP contribution in [0.2, 0.25) is 0 Å². The number of thiazole rings is 1. The van der Waals surface area contributed by atoms with Crippen LogP contribution in [0.25, 0.3) is 10.2 Å². The third kappa shape index (κ3) is 4.91. The zero-order valence-electron chi connectivity index (χ0n) is 18.9. The van der Waals surface area contributed by atoms with Crippen LogP contribution in [0.4, 0.5) is 5.13 Å². The third-order valence-corrected chi connectivity index (χ3v) is 7.61. The van der Waals surface area contributed by atoms with Crippen LogP contribution in [0.3, 0.4) is 0 Å². The van der Waals surface area contributed by atoms with Crippen molar-refractivity contribution in [2.45, 2.75) is 18.7 Å². The summed E-state index contributed by atoms with van der Waals surface area (Å²) in [5.74, 6) is 1.15. The Morgan fingerprint density at radius 2 is 1.73 bits per heavy atom. The molecule has 33 heavy (non-hydrogen) atoms. The lowest BCUT2D eigenvalue weighted by atomic mass is 10.1. The quantitative estimate of drug-likeness (QED) is 0.502. The number of sulfone groups is 1. The molecule has 4 rings (SSSR count). The number of aromatic nitrogens is 1. The number of amides is 1. The van der Waals surface area contributed by atoms with Crippen molar-refractivity contribution in [3.63, 3.8) is 0 Å². The number of carbonyl (C=O) groups excluding carboxylic acids is 1. The van der Waals surface area contributed by atoms with Crippen molar-refractivity contribution in [3.05, 3.63) is 42.0 Å². The van der Waals surface area contributed by atoms with Gasteiger partial charge in [0.2, 0.25) is 0 Å². The Morgan fingerprint density at radius 1 is 1.03 bits per heavy atom. The number of ether oxygens (including phenoxy) is 2. The summed E-state index contributed by atoms with van der Waals surface area (Å²) in [7, 11) is -3.36. The maximum atomic E-state index is 13.1. The molecule has 2 heterocycles. The second-order valence-electron chi connectivity index (χ2n) is 7.68. The van der Waals surface area contributed by atoms with Crippen LogP contribution in [0.1, 0.15) is 24.2 Å². The first-order valence-corrected chi connectivity index (χ1v) is 13.6. The van der Waals surface area contributed by atoms with Gasteiger partial charge in [-0.15, -0.1) is 0 Å². The fourth-order valence-corrected chi connectivity index (χ4v) is 5.75. The zero-order chi connectivity index (χ0) is 23.6. The number of nitrogens with zero attached hydrogens (tertiary/aromatic N) is 3. The monoisotopic (exact) mass is 489 g/mol. The van der Waals surface area contributed by atoms with Crippen LogP contribution in [0, 0.1) is 0 Å². The van der Waals surface area contributed by atoms with E-state index in [0.29, 0.717) is 62.0 Å². The molecule has 1 aliphatic rings. The van der Waals surface area contributed by atoms with Gasteiger partial charge in [0.05, 0.1) is 22.8 Å². The topological polar surface area (TPSA) is 89.0 Å². The first-order chi connectivity index (χ1) is 15.8. The van der Waals surface area contributed by atoms with E-state index in [1.165, 1.54) is 17.6 Å². The van der Waals surface area contributed by atoms with Crippen molar-refractivity contribution >= 4 is 42.4 Å². The average molecular weight is 490 g/mol. The zero-order valence-corrected chi connectivity index (χ0v) is 20.5. The summed E-state index contributed by atoms with van der Waals surface area (Å²) in [6, 6.07) is 10.5. The summed E-state index contributed by atoms with van der Waals surface area (Å²) in [6.07, 6.45) is 1.20. The highest BCUT2D eigenvalue weighted by atomic mass is 32.2. The Labute approximate surface area is 197 Å². The van der Waals surface area contributed by atoms with Gasteiger partial charge in [0.15, 0.2) is 26.5 Å². The normalized spacial score (nSPS) is 14.5. The van der Waals surface area contributed by atoms with Crippen molar-refractivity contribution in [1.82, 2.24) is 9.88 Å². The molecule has 0 aliphatic carbocycles. The van der Waals surface area contributed by atoms with E-state index in [4.69, 9.17) is 9.47 Å². The summed E-state index contributed by atoms with van der Waals surface area (Å²) in [5, 5.41) is 0.771. The smallest absolute Gasteiger partial charge is 0.254 e. The number of hydrogen-bond donors (Lipinski definition) is 0. The minimum absolute atomic E-state index is 0.0534. The standard InChI is InChI=1S/C23H27N3O5S2/c1-4-30-17-10-9-16(15-18(17)31-5-2)22(27)25-11-13-26(14-12-25)23-24-21-19(32-23)7-6-8-20(21)33(3,28)29/h6-10,15H,4-5,11-14H2,1-3H3. The van der Waals surface area contributed by atoms with Gasteiger partial charge in [-0.05, 0) is 44.2 Å². The molecule has 0 bridgehead atoms. The second-order valence-corrected chi connectivity index (χ2v) is 10.7. The minimum Gasteiger partial charge on any atom is -0.490 e. The van der Waals surface area contributed by atoms with Crippen molar-refractivity contribution < 1.29 is 22.7 Å². The number of rotatable bonds is 7. The van der Waals surface area contributed by atoms with E-state index in [9.17, 15) is 13.2 Å². The van der Waals surface area contributed by atoms with Crippen LogP contribution >= 0.6 is 11.3 Å². The molecule has 0 radical (unpaired) electrons. The first-order valence-electron chi connectivity index (χ1n) is 10.8. The van der Waals surface area contributed by atoms with E-state index in [1.807, 2.05) is 24.8 Å². The van der Waals surface area contributed by atoms with E-state index in [-0.39, 0.29) is 10.8 Å². The molecule has 8 nitrogen and oxygen atoms in total. The number of anilines is 1. The lowest BCUT2D eigenvalue weighted by Crippen LogP contribution is -2.48. The summed E-state index contributed by atoms with van der Waals surface area (Å²) < 4.78 is 36.3. The number of hydrogen-bond acceptors (Lipinski definition) is 8. The lowest BCUT2D eigenvalue weighted by molar-refractivity contribution is 0.0746. The number of para-hydroxylation sites is 1. The van der Waals surface area contributed by atoms with Crippen molar-refractivity contribution in [1.29, 1.82) is 0 Å². The predicted octanol–water partition coefficient (Wildman–Crippen LogP) is 3.46. The molecule has 0 spiro atoms. The van der Waals surface area contributed by atoms with Crippen LogP contribution in [-0.2, 0) is 9.84 Å². The van der Waals surface area contributed by atoms with Crippen LogP contribution in [-0.4, -0.2) is 69.9 Å². The number of piperazine rings is 1. The Balaban J connectivity index is 1.48. The highest BCUT2D eigenvalue weighted by Gasteiger charge is 2.25. The molecular weight excluding hydrogens is 462 g/mol. The second kappa shape index (κ2) is 9.56. The number of carbonyl (C=O) groups is 1. The van der Waals surface area contributed by atoms with Gasteiger partial charge in [-0.25, -0.2) is 13.4 Å². The van der Waals surface area contributed by atoms with Gasteiger partial charge < -0.3 is 19.3 Å². The SMILES string of the molecule is CCOc1ccc(C(=O)N2CCN(c3nc4c(S(C)(=O)=O)cccc4s3)CC2)cc1OCC. The van der Waals surface area contributed by atoms with Crippen molar-refractivity contribution in [3.8, 4) is 11.5 Å². The molecule has 0 unspecified atom stereocenters. The van der Waals surface area contributed by atoms with Gasteiger partial charge in [-0.1, -0.05) is 17.4 Å². The van der Waals surface area contributed by atoms with E-state index >= 15 is 0 Å². The summed E-state index contributed by atoms with van der Waals surface area (Å²) in [4.78, 5) is 21.9. The Hall–Kier alpha value is -2.85. The molecule has 3 aromatic rings. The fraction of sp³-hybridized carbons (Fsp3) is 0.391. The molecule has 1 fully saturated rings. The van der Waals surface area contributed by atoms with Crippen LogP contribution in [0.5, 0.6) is 11.5 Å². The van der Waals surface area contributed by atoms with E-state index in [1.54, 1.807) is 30.3 Å². The molecular formula is C23H27N3O5S2. The first kappa shape index (κ1) is 23.3. The van der Waals surface area contributed by atoms with Crippen molar-refractivity contribution in [2.24, 2.45) is 0 Å². The van der Waals surface area contributed by atoms with Crippen LogP contribution in [0.15, 0.2) is 41.3 Å².